The molecular weight excluding hydrogens is 357 g/mol. The van der Waals surface area contributed by atoms with Crippen LogP contribution in [0.1, 0.15) is 0 Å². The van der Waals surface area contributed by atoms with Crippen molar-refractivity contribution in [3.8, 4) is 0 Å². The summed E-state index contributed by atoms with van der Waals surface area (Å²) in [5.74, 6) is -0.927. The number of hydrogen-bond donors (Lipinski definition) is 0. The van der Waals surface area contributed by atoms with Crippen LogP contribution in [0, 0.1) is 15.4 Å². The van der Waals surface area contributed by atoms with Gasteiger partial charge in [-0.1, -0.05) is 24.3 Å². The zero-order valence-corrected chi connectivity index (χ0v) is 12.0. The van der Waals surface area contributed by atoms with Crippen LogP contribution in [-0.2, 0) is 14.3 Å². The van der Waals surface area contributed by atoms with Gasteiger partial charge in [-0.25, -0.2) is 4.90 Å². The number of ether oxygens (including phenoxy) is 1. The second kappa shape index (κ2) is 3.89. The van der Waals surface area contributed by atoms with E-state index in [1.54, 1.807) is 0 Å². The van der Waals surface area contributed by atoms with Crippen LogP contribution >= 0.6 is 22.6 Å². The summed E-state index contributed by atoms with van der Waals surface area (Å²) < 4.78 is 6.52. The molecule has 0 N–H and O–H groups in total. The van der Waals surface area contributed by atoms with Gasteiger partial charge in [-0.3, -0.25) is 9.59 Å². The molecule has 2 amide bonds. The predicted molar refractivity (Wildman–Crippen MR) is 76.4 cm³/mol. The van der Waals surface area contributed by atoms with Gasteiger partial charge in [0.25, 0.3) is 0 Å². The number of imide groups is 1. The fourth-order valence-corrected chi connectivity index (χ4v) is 3.80. The van der Waals surface area contributed by atoms with Crippen molar-refractivity contribution in [2.24, 2.45) is 11.8 Å². The van der Waals surface area contributed by atoms with Gasteiger partial charge in [0.05, 0.1) is 29.7 Å². The van der Waals surface area contributed by atoms with Gasteiger partial charge in [-0.15, -0.1) is 0 Å². The lowest BCUT2D eigenvalue weighted by molar-refractivity contribution is -0.124. The van der Waals surface area contributed by atoms with E-state index in [1.165, 1.54) is 4.90 Å². The van der Waals surface area contributed by atoms with Crippen LogP contribution in [0.4, 0.5) is 5.69 Å². The van der Waals surface area contributed by atoms with Crippen molar-refractivity contribution in [3.05, 3.63) is 40.0 Å². The summed E-state index contributed by atoms with van der Waals surface area (Å²) in [4.78, 5) is 26.4. The molecule has 3 aliphatic heterocycles. The molecule has 19 heavy (non-hydrogen) atoms. The van der Waals surface area contributed by atoms with Gasteiger partial charge in [0.2, 0.25) is 11.8 Å². The summed E-state index contributed by atoms with van der Waals surface area (Å²) in [6.45, 7) is 0. The molecule has 5 heteroatoms. The number of hydrogen-bond acceptors (Lipinski definition) is 3. The van der Waals surface area contributed by atoms with Crippen molar-refractivity contribution < 1.29 is 14.3 Å². The Hall–Kier alpha value is -1.21. The maximum Gasteiger partial charge on any atom is 0.240 e. The van der Waals surface area contributed by atoms with Crippen molar-refractivity contribution in [2.45, 2.75) is 12.2 Å². The van der Waals surface area contributed by atoms with Gasteiger partial charge in [0.15, 0.2) is 0 Å². The van der Waals surface area contributed by atoms with E-state index in [9.17, 15) is 9.59 Å². The molecule has 4 nitrogen and oxygen atoms in total. The summed E-state index contributed by atoms with van der Waals surface area (Å²) in [6, 6.07) is 7.45. The second-order valence-electron chi connectivity index (χ2n) is 4.97. The highest BCUT2D eigenvalue weighted by Gasteiger charge is 2.61. The molecule has 0 unspecified atom stereocenters. The number of carbonyl (C=O) groups is 2. The molecule has 4 atom stereocenters. The first-order valence-corrected chi connectivity index (χ1v) is 7.22. The minimum atomic E-state index is -0.335. The first-order chi connectivity index (χ1) is 9.18. The Morgan fingerprint density at radius 3 is 2.16 bits per heavy atom. The maximum absolute atomic E-state index is 12.5. The first-order valence-electron chi connectivity index (χ1n) is 6.14. The second-order valence-corrected chi connectivity index (χ2v) is 6.13. The van der Waals surface area contributed by atoms with Crippen molar-refractivity contribution in [3.63, 3.8) is 0 Å². The predicted octanol–water partition coefficient (Wildman–Crippen LogP) is 1.73. The monoisotopic (exact) mass is 367 g/mol. The van der Waals surface area contributed by atoms with Crippen molar-refractivity contribution in [2.75, 3.05) is 4.90 Å². The Morgan fingerprint density at radius 2 is 1.58 bits per heavy atom. The van der Waals surface area contributed by atoms with Gasteiger partial charge >= 0.3 is 0 Å². The zero-order valence-electron chi connectivity index (χ0n) is 9.82. The molecule has 3 aliphatic rings. The molecule has 0 aliphatic carbocycles. The number of fused-ring (bicyclic) bond motifs is 5. The number of amides is 2. The summed E-state index contributed by atoms with van der Waals surface area (Å²) >= 11 is 2.15. The van der Waals surface area contributed by atoms with Crippen LogP contribution in [0.5, 0.6) is 0 Å². The Labute approximate surface area is 123 Å². The number of nitrogens with zero attached hydrogens (tertiary/aromatic N) is 1. The highest BCUT2D eigenvalue weighted by Crippen LogP contribution is 2.46. The maximum atomic E-state index is 12.5. The SMILES string of the molecule is O=C1[C@@H]2[C@@H](C(=O)N1c1ccccc1I)[C@H]1C=C[C@H]2O1. The van der Waals surface area contributed by atoms with Crippen molar-refractivity contribution >= 4 is 40.1 Å². The molecule has 0 saturated carbocycles. The summed E-state index contributed by atoms with van der Waals surface area (Å²) in [5.41, 5.74) is 0.687. The molecule has 1 aromatic carbocycles. The highest BCUT2D eigenvalue weighted by molar-refractivity contribution is 14.1. The lowest BCUT2D eigenvalue weighted by Crippen LogP contribution is -2.34. The van der Waals surface area contributed by atoms with E-state index >= 15 is 0 Å². The van der Waals surface area contributed by atoms with Gasteiger partial charge < -0.3 is 4.74 Å². The first kappa shape index (κ1) is 11.6. The van der Waals surface area contributed by atoms with Crippen LogP contribution in [0.15, 0.2) is 36.4 Å². The Morgan fingerprint density at radius 1 is 1.00 bits per heavy atom. The number of carbonyl (C=O) groups excluding carboxylic acids is 2. The molecular formula is C14H10INO3. The third kappa shape index (κ3) is 1.42. The van der Waals surface area contributed by atoms with E-state index in [0.29, 0.717) is 5.69 Å². The molecule has 0 radical (unpaired) electrons. The number of rotatable bonds is 1. The van der Waals surface area contributed by atoms with Crippen LogP contribution in [0.25, 0.3) is 0 Å². The van der Waals surface area contributed by atoms with Crippen LogP contribution in [0.2, 0.25) is 0 Å². The minimum absolute atomic E-state index is 0.129. The molecule has 96 valence electrons. The lowest BCUT2D eigenvalue weighted by atomic mass is 9.85. The van der Waals surface area contributed by atoms with Crippen molar-refractivity contribution in [1.29, 1.82) is 0 Å². The minimum Gasteiger partial charge on any atom is -0.365 e. The summed E-state index contributed by atoms with van der Waals surface area (Å²) in [7, 11) is 0. The Balaban J connectivity index is 1.79. The fourth-order valence-electron chi connectivity index (χ4n) is 3.17. The standard InChI is InChI=1S/C14H10INO3/c15-7-3-1-2-4-8(7)16-13(17)11-9-5-6-10(19-9)12(11)14(16)18/h1-6,9-12H/t9-,10-,11+,12+/m1/s1. The molecule has 3 heterocycles. The molecule has 0 aromatic heterocycles. The van der Waals surface area contributed by atoms with E-state index in [4.69, 9.17) is 4.74 Å². The molecule has 0 spiro atoms. The number of benzene rings is 1. The van der Waals surface area contributed by atoms with E-state index < -0.39 is 0 Å². The van der Waals surface area contributed by atoms with Gasteiger partial charge in [0.1, 0.15) is 0 Å². The molecule has 2 saturated heterocycles. The smallest absolute Gasteiger partial charge is 0.240 e. The largest absolute Gasteiger partial charge is 0.365 e. The van der Waals surface area contributed by atoms with Crippen LogP contribution < -0.4 is 4.90 Å². The van der Waals surface area contributed by atoms with E-state index in [0.717, 1.165) is 3.57 Å². The third-order valence-electron chi connectivity index (χ3n) is 4.00. The van der Waals surface area contributed by atoms with Gasteiger partial charge in [-0.05, 0) is 34.7 Å². The normalized spacial score (nSPS) is 35.3. The highest BCUT2D eigenvalue weighted by atomic mass is 127. The van der Waals surface area contributed by atoms with Gasteiger partial charge in [0, 0.05) is 3.57 Å². The topological polar surface area (TPSA) is 46.6 Å². The fraction of sp³-hybridized carbons (Fsp3) is 0.286. The van der Waals surface area contributed by atoms with E-state index in [1.807, 2.05) is 36.4 Å². The van der Waals surface area contributed by atoms with Crippen LogP contribution in [-0.4, -0.2) is 24.0 Å². The average molecular weight is 367 g/mol. The molecule has 4 rings (SSSR count). The van der Waals surface area contributed by atoms with Crippen LogP contribution in [0.3, 0.4) is 0 Å². The van der Waals surface area contributed by atoms with E-state index in [-0.39, 0.29) is 35.9 Å². The molecule has 2 bridgehead atoms. The lowest BCUT2D eigenvalue weighted by Gasteiger charge is -2.18. The average Bonchev–Trinajstić information content (AvgIpc) is 3.06. The number of halogens is 1. The molecule has 1 aromatic rings. The summed E-state index contributed by atoms with van der Waals surface area (Å²) in [6.07, 6.45) is 3.35. The Kier molecular flexibility index (Phi) is 2.38. The molecule has 2 fully saturated rings. The third-order valence-corrected chi connectivity index (χ3v) is 4.92. The summed E-state index contributed by atoms with van der Waals surface area (Å²) in [5, 5.41) is 0. The number of para-hydroxylation sites is 1. The quantitative estimate of drug-likeness (QED) is 0.432. The van der Waals surface area contributed by atoms with Crippen molar-refractivity contribution in [1.82, 2.24) is 0 Å². The zero-order chi connectivity index (χ0) is 13.1. The Bertz CT molecular complexity index is 597. The van der Waals surface area contributed by atoms with Gasteiger partial charge in [-0.2, -0.15) is 0 Å². The van der Waals surface area contributed by atoms with E-state index in [2.05, 4.69) is 22.6 Å². The number of anilines is 1.